The largest absolute Gasteiger partial charge is 0.416 e. The maximum atomic E-state index is 13.3. The molecular formula is C22H19F6NO. The first-order valence-corrected chi connectivity index (χ1v) is 9.62. The van der Waals surface area contributed by atoms with E-state index in [4.69, 9.17) is 0 Å². The number of aliphatic hydroxyl groups is 1. The third kappa shape index (κ3) is 3.86. The van der Waals surface area contributed by atoms with Crippen molar-refractivity contribution in [1.82, 2.24) is 5.32 Å². The summed E-state index contributed by atoms with van der Waals surface area (Å²) < 4.78 is 79.5. The first kappa shape index (κ1) is 20.9. The van der Waals surface area contributed by atoms with Crippen molar-refractivity contribution >= 4 is 21.5 Å². The fourth-order valence-corrected chi connectivity index (χ4v) is 4.14. The van der Waals surface area contributed by atoms with Gasteiger partial charge in [0.15, 0.2) is 0 Å². The van der Waals surface area contributed by atoms with E-state index < -0.39 is 29.6 Å². The van der Waals surface area contributed by atoms with Crippen molar-refractivity contribution in [3.05, 3.63) is 59.2 Å². The number of hydrogen-bond donors (Lipinski definition) is 2. The van der Waals surface area contributed by atoms with Crippen LogP contribution in [-0.4, -0.2) is 17.7 Å². The fraction of sp³-hybridized carbons (Fsp3) is 0.364. The van der Waals surface area contributed by atoms with Crippen LogP contribution in [0.5, 0.6) is 0 Å². The Morgan fingerprint density at radius 2 is 1.43 bits per heavy atom. The normalized spacial score (nSPS) is 19.4. The van der Waals surface area contributed by atoms with Crippen molar-refractivity contribution in [2.45, 2.75) is 43.8 Å². The summed E-state index contributed by atoms with van der Waals surface area (Å²) in [5.74, 6) is 0. The van der Waals surface area contributed by atoms with Gasteiger partial charge in [-0.15, -0.1) is 0 Å². The molecule has 2 nitrogen and oxygen atoms in total. The Hall–Kier alpha value is -2.32. The lowest BCUT2D eigenvalue weighted by Crippen LogP contribution is -2.38. The topological polar surface area (TPSA) is 32.3 Å². The summed E-state index contributed by atoms with van der Waals surface area (Å²) in [5.41, 5.74) is -1.47. The van der Waals surface area contributed by atoms with E-state index in [9.17, 15) is 31.4 Å². The zero-order valence-electron chi connectivity index (χ0n) is 15.7. The second-order valence-corrected chi connectivity index (χ2v) is 7.66. The van der Waals surface area contributed by atoms with Crippen LogP contribution in [0.15, 0.2) is 42.5 Å². The van der Waals surface area contributed by atoms with Crippen LogP contribution in [0.25, 0.3) is 21.5 Å². The highest BCUT2D eigenvalue weighted by atomic mass is 19.4. The lowest BCUT2D eigenvalue weighted by atomic mass is 9.88. The molecule has 0 unspecified atom stereocenters. The maximum absolute atomic E-state index is 13.3. The standard InChI is InChI=1S/C22H19F6NO/c23-21(24,25)13-5-4-12-9-18(20(30)19-3-1-2-8-29-19)15-7-6-14(22(26,27)28)11-17(15)16(12)10-13/h4-7,9-11,19-20,29-30H,1-3,8H2/t19-,20-/m0/s1. The zero-order chi connectivity index (χ0) is 21.7. The number of alkyl halides is 6. The van der Waals surface area contributed by atoms with E-state index in [-0.39, 0.29) is 16.8 Å². The molecule has 3 aromatic rings. The van der Waals surface area contributed by atoms with E-state index >= 15 is 0 Å². The molecule has 160 valence electrons. The van der Waals surface area contributed by atoms with E-state index in [0.29, 0.717) is 22.8 Å². The molecule has 1 aliphatic heterocycles. The van der Waals surface area contributed by atoms with Crippen molar-refractivity contribution in [2.24, 2.45) is 0 Å². The third-order valence-electron chi connectivity index (χ3n) is 5.69. The van der Waals surface area contributed by atoms with Crippen LogP contribution < -0.4 is 5.32 Å². The van der Waals surface area contributed by atoms with Gasteiger partial charge in [-0.25, -0.2) is 0 Å². The van der Waals surface area contributed by atoms with Gasteiger partial charge in [-0.2, -0.15) is 26.3 Å². The molecule has 30 heavy (non-hydrogen) atoms. The van der Waals surface area contributed by atoms with Gasteiger partial charge in [-0.05, 0) is 76.8 Å². The monoisotopic (exact) mass is 427 g/mol. The predicted octanol–water partition coefficient (Wildman–Crippen LogP) is 6.21. The van der Waals surface area contributed by atoms with Gasteiger partial charge in [0.05, 0.1) is 17.2 Å². The van der Waals surface area contributed by atoms with Crippen molar-refractivity contribution in [3.63, 3.8) is 0 Å². The molecule has 2 atom stereocenters. The van der Waals surface area contributed by atoms with E-state index in [1.165, 1.54) is 12.1 Å². The number of hydrogen-bond acceptors (Lipinski definition) is 2. The highest BCUT2D eigenvalue weighted by Crippen LogP contribution is 2.40. The lowest BCUT2D eigenvalue weighted by molar-refractivity contribution is -0.138. The molecule has 1 fully saturated rings. The van der Waals surface area contributed by atoms with Gasteiger partial charge in [0.1, 0.15) is 0 Å². The number of fused-ring (bicyclic) bond motifs is 3. The van der Waals surface area contributed by atoms with Crippen molar-refractivity contribution in [2.75, 3.05) is 6.54 Å². The summed E-state index contributed by atoms with van der Waals surface area (Å²) in [6.07, 6.45) is -7.66. The number of aliphatic hydroxyl groups excluding tert-OH is 1. The van der Waals surface area contributed by atoms with Gasteiger partial charge in [-0.1, -0.05) is 18.6 Å². The van der Waals surface area contributed by atoms with Crippen molar-refractivity contribution < 1.29 is 31.4 Å². The van der Waals surface area contributed by atoms with Crippen LogP contribution in [0.4, 0.5) is 26.3 Å². The molecule has 0 radical (unpaired) electrons. The average molecular weight is 427 g/mol. The molecule has 3 aromatic carbocycles. The minimum atomic E-state index is -4.64. The van der Waals surface area contributed by atoms with Gasteiger partial charge in [0, 0.05) is 6.04 Å². The number of halogens is 6. The summed E-state index contributed by atoms with van der Waals surface area (Å²) in [4.78, 5) is 0. The molecular weight excluding hydrogens is 408 g/mol. The molecule has 0 amide bonds. The summed E-state index contributed by atoms with van der Waals surface area (Å²) in [7, 11) is 0. The van der Waals surface area contributed by atoms with E-state index in [1.54, 1.807) is 6.07 Å². The van der Waals surface area contributed by atoms with E-state index in [1.807, 2.05) is 0 Å². The Balaban J connectivity index is 1.98. The summed E-state index contributed by atoms with van der Waals surface area (Å²) in [6.45, 7) is 0.723. The first-order valence-electron chi connectivity index (χ1n) is 9.62. The zero-order valence-corrected chi connectivity index (χ0v) is 15.7. The third-order valence-corrected chi connectivity index (χ3v) is 5.69. The molecule has 0 aliphatic carbocycles. The molecule has 1 heterocycles. The molecule has 1 saturated heterocycles. The van der Waals surface area contributed by atoms with E-state index in [0.717, 1.165) is 43.7 Å². The van der Waals surface area contributed by atoms with Crippen molar-refractivity contribution in [3.8, 4) is 0 Å². The summed E-state index contributed by atoms with van der Waals surface area (Å²) >= 11 is 0. The smallest absolute Gasteiger partial charge is 0.387 e. The molecule has 2 N–H and O–H groups in total. The Morgan fingerprint density at radius 1 is 0.800 bits per heavy atom. The highest BCUT2D eigenvalue weighted by molar-refractivity contribution is 6.09. The van der Waals surface area contributed by atoms with Gasteiger partial charge in [0.25, 0.3) is 0 Å². The number of rotatable bonds is 2. The minimum absolute atomic E-state index is 0.0401. The fourth-order valence-electron chi connectivity index (χ4n) is 4.14. The summed E-state index contributed by atoms with van der Waals surface area (Å²) in [5, 5.41) is 14.9. The number of benzene rings is 3. The highest BCUT2D eigenvalue weighted by Gasteiger charge is 2.33. The Bertz CT molecular complexity index is 1080. The average Bonchev–Trinajstić information content (AvgIpc) is 2.71. The van der Waals surface area contributed by atoms with E-state index in [2.05, 4.69) is 5.32 Å². The SMILES string of the molecule is O[C@@H](c1cc2ccc(C(F)(F)F)cc2c2cc(C(F)(F)F)ccc12)[C@@H]1CCCCN1. The maximum Gasteiger partial charge on any atom is 0.416 e. The van der Waals surface area contributed by atoms with Gasteiger partial charge in [0.2, 0.25) is 0 Å². The molecule has 0 spiro atoms. The Morgan fingerprint density at radius 3 is 2.03 bits per heavy atom. The van der Waals surface area contributed by atoms with Gasteiger partial charge >= 0.3 is 12.4 Å². The minimum Gasteiger partial charge on any atom is -0.387 e. The second kappa shape index (κ2) is 7.42. The predicted molar refractivity (Wildman–Crippen MR) is 102 cm³/mol. The first-order chi connectivity index (χ1) is 14.1. The van der Waals surface area contributed by atoms with Crippen LogP contribution in [0.3, 0.4) is 0 Å². The summed E-state index contributed by atoms with van der Waals surface area (Å²) in [6, 6.07) is 7.31. The van der Waals surface area contributed by atoms with Crippen LogP contribution in [-0.2, 0) is 12.4 Å². The quantitative estimate of drug-likeness (QED) is 0.377. The molecule has 0 saturated carbocycles. The molecule has 4 rings (SSSR count). The van der Waals surface area contributed by atoms with Crippen LogP contribution in [0.1, 0.15) is 42.1 Å². The van der Waals surface area contributed by atoms with Gasteiger partial charge < -0.3 is 10.4 Å². The number of piperidine rings is 1. The lowest BCUT2D eigenvalue weighted by Gasteiger charge is -2.29. The van der Waals surface area contributed by atoms with Crippen molar-refractivity contribution in [1.29, 1.82) is 0 Å². The van der Waals surface area contributed by atoms with Crippen LogP contribution in [0, 0.1) is 0 Å². The van der Waals surface area contributed by atoms with Crippen LogP contribution >= 0.6 is 0 Å². The molecule has 1 aliphatic rings. The van der Waals surface area contributed by atoms with Crippen LogP contribution in [0.2, 0.25) is 0 Å². The Kier molecular flexibility index (Phi) is 5.18. The number of nitrogens with one attached hydrogen (secondary N) is 1. The molecule has 8 heteroatoms. The second-order valence-electron chi connectivity index (χ2n) is 7.66. The van der Waals surface area contributed by atoms with Gasteiger partial charge in [-0.3, -0.25) is 0 Å². The molecule has 0 bridgehead atoms. The Labute approximate surface area is 168 Å². The molecule has 0 aromatic heterocycles.